The molecule has 0 spiro atoms. The van der Waals surface area contributed by atoms with E-state index in [0.717, 1.165) is 61.6 Å². The van der Waals surface area contributed by atoms with E-state index in [1.807, 2.05) is 18.2 Å². The number of hydrogen-bond donors (Lipinski definition) is 2. The zero-order valence-corrected chi connectivity index (χ0v) is 17.5. The maximum atomic E-state index is 10.7. The summed E-state index contributed by atoms with van der Waals surface area (Å²) in [5, 5.41) is 21.4. The van der Waals surface area contributed by atoms with Gasteiger partial charge in [0, 0.05) is 37.7 Å². The Hall–Kier alpha value is -2.90. The Morgan fingerprint density at radius 2 is 1.93 bits per heavy atom. The molecule has 0 saturated carbocycles. The van der Waals surface area contributed by atoms with Crippen molar-refractivity contribution in [2.45, 2.75) is 58.4 Å². The standard InChI is InChI=1S/C21H31N5O3/c1-4-17(5-2)20-14-19(29-25-20)15-24-21(22-3)23-13-7-6-8-16-9-11-18(12-10-16)26(27)28/h9-12,14,17H,4-8,13,15H2,1-3H3,(H2,22,23,24). The van der Waals surface area contributed by atoms with Gasteiger partial charge in [0.1, 0.15) is 0 Å². The van der Waals surface area contributed by atoms with Gasteiger partial charge in [0.25, 0.3) is 5.69 Å². The minimum atomic E-state index is -0.377. The quantitative estimate of drug-likeness (QED) is 0.192. The molecule has 2 rings (SSSR count). The van der Waals surface area contributed by atoms with E-state index in [4.69, 9.17) is 4.52 Å². The highest BCUT2D eigenvalue weighted by molar-refractivity contribution is 5.79. The van der Waals surface area contributed by atoms with E-state index in [-0.39, 0.29) is 10.6 Å². The van der Waals surface area contributed by atoms with Crippen LogP contribution >= 0.6 is 0 Å². The second-order valence-corrected chi connectivity index (χ2v) is 6.96. The Kier molecular flexibility index (Phi) is 9.14. The van der Waals surface area contributed by atoms with Crippen molar-refractivity contribution in [1.29, 1.82) is 0 Å². The number of aliphatic imine (C=N–C) groups is 1. The molecule has 0 aliphatic heterocycles. The van der Waals surface area contributed by atoms with Crippen LogP contribution in [-0.4, -0.2) is 29.6 Å². The first-order chi connectivity index (χ1) is 14.1. The van der Waals surface area contributed by atoms with E-state index in [9.17, 15) is 10.1 Å². The fourth-order valence-electron chi connectivity index (χ4n) is 3.15. The number of aryl methyl sites for hydroxylation is 1. The lowest BCUT2D eigenvalue weighted by Gasteiger charge is -2.10. The van der Waals surface area contributed by atoms with Gasteiger partial charge in [0.15, 0.2) is 11.7 Å². The topological polar surface area (TPSA) is 106 Å². The molecule has 1 heterocycles. The van der Waals surface area contributed by atoms with E-state index in [2.05, 4.69) is 34.6 Å². The van der Waals surface area contributed by atoms with Gasteiger partial charge >= 0.3 is 0 Å². The lowest BCUT2D eigenvalue weighted by molar-refractivity contribution is -0.384. The first kappa shape index (κ1) is 22.4. The minimum Gasteiger partial charge on any atom is -0.359 e. The summed E-state index contributed by atoms with van der Waals surface area (Å²) in [6.45, 7) is 5.65. The summed E-state index contributed by atoms with van der Waals surface area (Å²) in [5.41, 5.74) is 2.25. The summed E-state index contributed by atoms with van der Waals surface area (Å²) in [5.74, 6) is 1.97. The van der Waals surface area contributed by atoms with Crippen molar-refractivity contribution in [2.75, 3.05) is 13.6 Å². The number of hydrogen-bond acceptors (Lipinski definition) is 5. The Morgan fingerprint density at radius 3 is 2.55 bits per heavy atom. The van der Waals surface area contributed by atoms with Gasteiger partial charge in [0.05, 0.1) is 17.2 Å². The Labute approximate surface area is 171 Å². The molecule has 0 aliphatic rings. The van der Waals surface area contributed by atoms with Crippen LogP contribution in [0, 0.1) is 10.1 Å². The molecular weight excluding hydrogens is 370 g/mol. The van der Waals surface area contributed by atoms with Gasteiger partial charge < -0.3 is 15.2 Å². The molecule has 0 bridgehead atoms. The fraction of sp³-hybridized carbons (Fsp3) is 0.524. The van der Waals surface area contributed by atoms with Crippen LogP contribution in [0.25, 0.3) is 0 Å². The number of unbranched alkanes of at least 4 members (excludes halogenated alkanes) is 1. The van der Waals surface area contributed by atoms with Crippen LogP contribution in [-0.2, 0) is 13.0 Å². The number of nitrogens with zero attached hydrogens (tertiary/aromatic N) is 3. The highest BCUT2D eigenvalue weighted by Crippen LogP contribution is 2.22. The van der Waals surface area contributed by atoms with Crippen LogP contribution < -0.4 is 10.6 Å². The zero-order chi connectivity index (χ0) is 21.1. The first-order valence-electron chi connectivity index (χ1n) is 10.2. The molecule has 1 aromatic heterocycles. The van der Waals surface area contributed by atoms with Crippen LogP contribution in [0.15, 0.2) is 39.8 Å². The highest BCUT2D eigenvalue weighted by atomic mass is 16.6. The summed E-state index contributed by atoms with van der Waals surface area (Å²) in [4.78, 5) is 14.5. The van der Waals surface area contributed by atoms with Crippen LogP contribution in [0.1, 0.15) is 62.5 Å². The molecule has 0 amide bonds. The lowest BCUT2D eigenvalue weighted by atomic mass is 9.99. The predicted octanol–water partition coefficient (Wildman–Crippen LogP) is 4.17. The monoisotopic (exact) mass is 401 g/mol. The number of nitrogens with one attached hydrogen (secondary N) is 2. The van der Waals surface area contributed by atoms with Crippen molar-refractivity contribution < 1.29 is 9.45 Å². The molecule has 1 aromatic carbocycles. The second-order valence-electron chi connectivity index (χ2n) is 6.96. The smallest absolute Gasteiger partial charge is 0.269 e. The molecule has 0 unspecified atom stereocenters. The van der Waals surface area contributed by atoms with Crippen LogP contribution in [0.3, 0.4) is 0 Å². The van der Waals surface area contributed by atoms with Crippen molar-refractivity contribution in [3.8, 4) is 0 Å². The number of nitro benzene ring substituents is 1. The van der Waals surface area contributed by atoms with Crippen molar-refractivity contribution in [3.05, 3.63) is 57.5 Å². The molecule has 29 heavy (non-hydrogen) atoms. The number of non-ortho nitro benzene ring substituents is 1. The second kappa shape index (κ2) is 11.8. The predicted molar refractivity (Wildman–Crippen MR) is 114 cm³/mol. The average Bonchev–Trinajstić information content (AvgIpc) is 3.20. The average molecular weight is 402 g/mol. The van der Waals surface area contributed by atoms with E-state index >= 15 is 0 Å². The van der Waals surface area contributed by atoms with Gasteiger partial charge in [-0.25, -0.2) is 0 Å². The van der Waals surface area contributed by atoms with Crippen molar-refractivity contribution in [1.82, 2.24) is 15.8 Å². The summed E-state index contributed by atoms with van der Waals surface area (Å²) >= 11 is 0. The van der Waals surface area contributed by atoms with Crippen LogP contribution in [0.2, 0.25) is 0 Å². The van der Waals surface area contributed by atoms with Gasteiger partial charge in [-0.2, -0.15) is 0 Å². The molecule has 8 nitrogen and oxygen atoms in total. The van der Waals surface area contributed by atoms with E-state index in [1.165, 1.54) is 0 Å². The van der Waals surface area contributed by atoms with Crippen LogP contribution in [0.4, 0.5) is 5.69 Å². The SMILES string of the molecule is CCC(CC)c1cc(CNC(=NC)NCCCCc2ccc([N+](=O)[O-])cc2)on1. The van der Waals surface area contributed by atoms with Crippen molar-refractivity contribution >= 4 is 11.6 Å². The summed E-state index contributed by atoms with van der Waals surface area (Å²) in [6.07, 6.45) is 4.96. The molecule has 0 saturated heterocycles. The maximum Gasteiger partial charge on any atom is 0.269 e. The van der Waals surface area contributed by atoms with E-state index in [0.29, 0.717) is 12.5 Å². The van der Waals surface area contributed by atoms with E-state index < -0.39 is 0 Å². The summed E-state index contributed by atoms with van der Waals surface area (Å²) in [6, 6.07) is 8.76. The van der Waals surface area contributed by atoms with Gasteiger partial charge in [0.2, 0.25) is 0 Å². The van der Waals surface area contributed by atoms with E-state index in [1.54, 1.807) is 19.2 Å². The largest absolute Gasteiger partial charge is 0.359 e. The molecule has 158 valence electrons. The molecular formula is C21H31N5O3. The lowest BCUT2D eigenvalue weighted by Crippen LogP contribution is -2.37. The normalized spacial score (nSPS) is 11.7. The van der Waals surface area contributed by atoms with Crippen LogP contribution in [0.5, 0.6) is 0 Å². The third-order valence-corrected chi connectivity index (χ3v) is 4.97. The van der Waals surface area contributed by atoms with Crippen molar-refractivity contribution in [2.24, 2.45) is 4.99 Å². The van der Waals surface area contributed by atoms with Gasteiger partial charge in [-0.05, 0) is 37.7 Å². The zero-order valence-electron chi connectivity index (χ0n) is 17.5. The molecule has 0 atom stereocenters. The number of guanidine groups is 1. The molecule has 0 aliphatic carbocycles. The number of rotatable bonds is 11. The summed E-state index contributed by atoms with van der Waals surface area (Å²) < 4.78 is 5.42. The Bertz CT molecular complexity index is 782. The first-order valence-corrected chi connectivity index (χ1v) is 10.2. The number of benzene rings is 1. The molecule has 2 aromatic rings. The maximum absolute atomic E-state index is 10.7. The molecule has 0 fully saturated rings. The minimum absolute atomic E-state index is 0.129. The highest BCUT2D eigenvalue weighted by Gasteiger charge is 2.13. The number of nitro groups is 1. The molecule has 8 heteroatoms. The third kappa shape index (κ3) is 7.21. The van der Waals surface area contributed by atoms with Crippen molar-refractivity contribution in [3.63, 3.8) is 0 Å². The van der Waals surface area contributed by atoms with Gasteiger partial charge in [-0.1, -0.05) is 31.1 Å². The third-order valence-electron chi connectivity index (χ3n) is 4.97. The Balaban J connectivity index is 1.67. The Morgan fingerprint density at radius 1 is 1.21 bits per heavy atom. The fourth-order valence-corrected chi connectivity index (χ4v) is 3.15. The van der Waals surface area contributed by atoms with Gasteiger partial charge in [-0.3, -0.25) is 15.1 Å². The molecule has 2 N–H and O–H groups in total. The molecule has 0 radical (unpaired) electrons. The number of aromatic nitrogens is 1. The van der Waals surface area contributed by atoms with Gasteiger partial charge in [-0.15, -0.1) is 0 Å². The summed E-state index contributed by atoms with van der Waals surface area (Å²) in [7, 11) is 1.74.